The predicted molar refractivity (Wildman–Crippen MR) is 105 cm³/mol. The molecule has 0 aromatic carbocycles. The van der Waals surface area contributed by atoms with Crippen molar-refractivity contribution in [1.29, 1.82) is 0 Å². The molecule has 1 saturated heterocycles. The van der Waals surface area contributed by atoms with Gasteiger partial charge in [0.25, 0.3) is 5.91 Å². The van der Waals surface area contributed by atoms with Gasteiger partial charge in [-0.2, -0.15) is 13.2 Å². The number of hydrogen-bond acceptors (Lipinski definition) is 3. The van der Waals surface area contributed by atoms with Crippen LogP contribution in [0.25, 0.3) is 5.65 Å². The maximum atomic E-state index is 13.7. The number of rotatable bonds is 4. The number of aromatic nitrogens is 2. The van der Waals surface area contributed by atoms with E-state index in [9.17, 15) is 26.7 Å². The minimum atomic E-state index is -4.74. The van der Waals surface area contributed by atoms with Crippen LogP contribution in [0.2, 0.25) is 5.15 Å². The van der Waals surface area contributed by atoms with E-state index < -0.39 is 23.7 Å². The Morgan fingerprint density at radius 1 is 1.22 bits per heavy atom. The largest absolute Gasteiger partial charge is 0.435 e. The smallest absolute Gasteiger partial charge is 0.381 e. The lowest BCUT2D eigenvalue weighted by Crippen LogP contribution is -2.30. The van der Waals surface area contributed by atoms with E-state index in [4.69, 9.17) is 16.3 Å². The highest BCUT2D eigenvalue weighted by Gasteiger charge is 2.54. The summed E-state index contributed by atoms with van der Waals surface area (Å²) in [4.78, 5) is 16.4. The Bertz CT molecular complexity index is 1050. The first kappa shape index (κ1) is 21.9. The highest BCUT2D eigenvalue weighted by molar-refractivity contribution is 6.30. The topological polar surface area (TPSA) is 55.6 Å². The van der Waals surface area contributed by atoms with Crippen molar-refractivity contribution in [2.45, 2.75) is 50.2 Å². The Morgan fingerprint density at radius 2 is 1.88 bits per heavy atom. The molecule has 2 unspecified atom stereocenters. The van der Waals surface area contributed by atoms with Crippen molar-refractivity contribution in [2.75, 3.05) is 13.2 Å². The van der Waals surface area contributed by atoms with Gasteiger partial charge in [-0.25, -0.2) is 13.8 Å². The summed E-state index contributed by atoms with van der Waals surface area (Å²) in [6, 6.07) is 2.60. The van der Waals surface area contributed by atoms with Crippen LogP contribution < -0.4 is 5.32 Å². The molecule has 3 fully saturated rings. The van der Waals surface area contributed by atoms with Gasteiger partial charge < -0.3 is 10.1 Å². The molecular formula is C21H21ClF5N3O2. The van der Waals surface area contributed by atoms with Gasteiger partial charge in [0, 0.05) is 36.3 Å². The predicted octanol–water partition coefficient (Wildman–Crippen LogP) is 4.75. The molecule has 2 aromatic heterocycles. The Hall–Kier alpha value is -1.94. The van der Waals surface area contributed by atoms with Crippen molar-refractivity contribution < 1.29 is 31.5 Å². The molecule has 2 aromatic rings. The first-order valence-electron chi connectivity index (χ1n) is 10.6. The van der Waals surface area contributed by atoms with E-state index in [0.29, 0.717) is 13.2 Å². The van der Waals surface area contributed by atoms with Crippen LogP contribution in [0.15, 0.2) is 12.1 Å². The van der Waals surface area contributed by atoms with E-state index in [1.54, 1.807) is 0 Å². The van der Waals surface area contributed by atoms with Crippen LogP contribution in [0.3, 0.4) is 0 Å². The molecule has 2 saturated carbocycles. The normalized spacial score (nSPS) is 27.5. The van der Waals surface area contributed by atoms with Gasteiger partial charge in [-0.1, -0.05) is 11.6 Å². The van der Waals surface area contributed by atoms with Gasteiger partial charge in [0.2, 0.25) is 5.92 Å². The van der Waals surface area contributed by atoms with Gasteiger partial charge in [0.05, 0.1) is 18.9 Å². The van der Waals surface area contributed by atoms with Gasteiger partial charge >= 0.3 is 6.18 Å². The molecule has 11 heteroatoms. The van der Waals surface area contributed by atoms with E-state index in [2.05, 4.69) is 10.3 Å². The monoisotopic (exact) mass is 477 g/mol. The number of hydrogen-bond donors (Lipinski definition) is 1. The van der Waals surface area contributed by atoms with Crippen LogP contribution in [0.5, 0.6) is 0 Å². The Labute approximate surface area is 185 Å². The number of carbonyl (C=O) groups is 1. The lowest BCUT2D eigenvalue weighted by Gasteiger charge is -2.28. The van der Waals surface area contributed by atoms with Gasteiger partial charge in [-0.15, -0.1) is 0 Å². The fourth-order valence-electron chi connectivity index (χ4n) is 4.99. The third-order valence-corrected chi connectivity index (χ3v) is 7.15. The molecule has 2 atom stereocenters. The first-order chi connectivity index (χ1) is 15.0. The summed E-state index contributed by atoms with van der Waals surface area (Å²) in [5.74, 6) is -2.98. The quantitative estimate of drug-likeness (QED) is 0.511. The number of ether oxygens (including phenoxy) is 1. The van der Waals surface area contributed by atoms with Crippen LogP contribution in [0.4, 0.5) is 22.0 Å². The summed E-state index contributed by atoms with van der Waals surface area (Å²) < 4.78 is 74.6. The highest BCUT2D eigenvalue weighted by atomic mass is 35.5. The molecule has 174 valence electrons. The molecule has 0 radical (unpaired) electrons. The Balaban J connectivity index is 1.44. The highest BCUT2D eigenvalue weighted by Crippen LogP contribution is 2.44. The van der Waals surface area contributed by atoms with Crippen molar-refractivity contribution >= 4 is 23.2 Å². The molecule has 2 aliphatic carbocycles. The number of amides is 1. The molecular weight excluding hydrogens is 457 g/mol. The number of nitrogens with one attached hydrogen (secondary N) is 1. The van der Waals surface area contributed by atoms with Crippen molar-refractivity contribution in [3.8, 4) is 0 Å². The van der Waals surface area contributed by atoms with Crippen molar-refractivity contribution in [3.05, 3.63) is 34.2 Å². The fourth-order valence-corrected chi connectivity index (χ4v) is 5.30. The molecule has 5 nitrogen and oxygen atoms in total. The Kier molecular flexibility index (Phi) is 5.16. The molecule has 5 rings (SSSR count). The third-order valence-electron chi connectivity index (χ3n) is 6.87. The summed E-state index contributed by atoms with van der Waals surface area (Å²) in [5, 5.41) is 2.80. The van der Waals surface area contributed by atoms with Gasteiger partial charge in [-0.05, 0) is 37.3 Å². The lowest BCUT2D eigenvalue weighted by molar-refractivity contribution is -0.141. The Morgan fingerprint density at radius 3 is 2.50 bits per heavy atom. The molecule has 32 heavy (non-hydrogen) atoms. The fraction of sp³-hybridized carbons (Fsp3) is 0.619. The second kappa shape index (κ2) is 7.55. The molecule has 0 spiro atoms. The number of alkyl halides is 5. The first-order valence-corrected chi connectivity index (χ1v) is 11.0. The van der Waals surface area contributed by atoms with E-state index in [1.807, 2.05) is 0 Å². The molecule has 1 aliphatic heterocycles. The second-order valence-electron chi connectivity index (χ2n) is 9.03. The number of nitrogens with zero attached hydrogens (tertiary/aromatic N) is 2. The second-order valence-corrected chi connectivity index (χ2v) is 9.42. The summed E-state index contributed by atoms with van der Waals surface area (Å²) >= 11 is 6.32. The number of carbonyl (C=O) groups excluding carboxylic acids is 1. The number of pyridine rings is 1. The zero-order chi connectivity index (χ0) is 22.8. The van der Waals surface area contributed by atoms with Gasteiger partial charge in [-0.3, -0.25) is 9.20 Å². The van der Waals surface area contributed by atoms with Crippen LogP contribution >= 0.6 is 11.6 Å². The van der Waals surface area contributed by atoms with E-state index in [0.717, 1.165) is 0 Å². The molecule has 3 aliphatic rings. The van der Waals surface area contributed by atoms with Crippen LogP contribution in [-0.2, 0) is 17.3 Å². The minimum absolute atomic E-state index is 0.00303. The van der Waals surface area contributed by atoms with Gasteiger partial charge in [0.15, 0.2) is 5.69 Å². The zero-order valence-corrected chi connectivity index (χ0v) is 17.6. The zero-order valence-electron chi connectivity index (χ0n) is 16.9. The van der Waals surface area contributed by atoms with E-state index in [1.165, 1.54) is 16.5 Å². The van der Waals surface area contributed by atoms with Crippen LogP contribution in [0.1, 0.15) is 47.4 Å². The molecule has 3 heterocycles. The summed E-state index contributed by atoms with van der Waals surface area (Å²) in [6.45, 7) is 1.17. The molecule has 1 N–H and O–H groups in total. The number of fused-ring (bicyclic) bond motifs is 2. The average molecular weight is 478 g/mol. The number of halogens is 6. The molecule has 0 bridgehead atoms. The van der Waals surface area contributed by atoms with E-state index >= 15 is 0 Å². The lowest BCUT2D eigenvalue weighted by atomic mass is 9.83. The van der Waals surface area contributed by atoms with Crippen molar-refractivity contribution in [2.24, 2.45) is 17.8 Å². The maximum absolute atomic E-state index is 13.7. The van der Waals surface area contributed by atoms with Crippen LogP contribution in [-0.4, -0.2) is 40.5 Å². The van der Waals surface area contributed by atoms with Crippen LogP contribution in [0, 0.1) is 17.8 Å². The minimum Gasteiger partial charge on any atom is -0.381 e. The SMILES string of the molecule is O=C(NC1C2COCC21)c1cc(Cl)n2c(CC3CCC(F)(F)CC3)c(C(F)(F)F)nc2c1. The number of imidazole rings is 1. The third kappa shape index (κ3) is 3.96. The van der Waals surface area contributed by atoms with Crippen molar-refractivity contribution in [1.82, 2.24) is 14.7 Å². The van der Waals surface area contributed by atoms with Gasteiger partial charge in [0.1, 0.15) is 10.8 Å². The maximum Gasteiger partial charge on any atom is 0.435 e. The molecule has 1 amide bonds. The average Bonchev–Trinajstić information content (AvgIpc) is 3.07. The summed E-state index contributed by atoms with van der Waals surface area (Å²) in [5.41, 5.74) is -1.22. The standard InChI is InChI=1S/C21H21ClF5N3O2/c22-15-6-11(19(31)29-17-12-8-32-9-13(12)17)7-16-28-18(21(25,26)27)14(30(15)16)5-10-1-3-20(23,24)4-2-10/h6-7,10,12-13,17H,1-5,8-9H2,(H,29,31). The van der Waals surface area contributed by atoms with Crippen molar-refractivity contribution in [3.63, 3.8) is 0 Å². The van der Waals surface area contributed by atoms with E-state index in [-0.39, 0.29) is 78.0 Å². The summed E-state index contributed by atoms with van der Waals surface area (Å²) in [7, 11) is 0. The summed E-state index contributed by atoms with van der Waals surface area (Å²) in [6.07, 6.45) is -5.24.